The summed E-state index contributed by atoms with van der Waals surface area (Å²) < 4.78 is 27.2. The number of benzene rings is 2. The van der Waals surface area contributed by atoms with Gasteiger partial charge in [0.05, 0.1) is 9.82 Å². The average Bonchev–Trinajstić information content (AvgIpc) is 2.54. The molecule has 0 saturated heterocycles. The van der Waals surface area contributed by atoms with Gasteiger partial charge in [-0.3, -0.25) is 19.6 Å². The molecule has 0 radical (unpaired) electrons. The van der Waals surface area contributed by atoms with E-state index in [9.17, 15) is 23.3 Å². The molecule has 25 heavy (non-hydrogen) atoms. The number of rotatable bonds is 5. The minimum absolute atomic E-state index is 0.205. The van der Waals surface area contributed by atoms with Gasteiger partial charge in [0.2, 0.25) is 0 Å². The van der Waals surface area contributed by atoms with Crippen molar-refractivity contribution in [2.75, 3.05) is 18.8 Å². The van der Waals surface area contributed by atoms with E-state index in [2.05, 4.69) is 4.72 Å². The molecule has 1 amide bonds. The molecule has 0 fully saturated rings. The Balaban J connectivity index is 2.29. The Morgan fingerprint density at radius 1 is 1.12 bits per heavy atom. The van der Waals surface area contributed by atoms with Crippen molar-refractivity contribution in [2.45, 2.75) is 11.8 Å². The minimum atomic E-state index is -3.99. The Morgan fingerprint density at radius 3 is 2.24 bits per heavy atom. The molecule has 0 spiro atoms. The molecule has 0 heterocycles. The van der Waals surface area contributed by atoms with E-state index in [1.54, 1.807) is 14.1 Å². The lowest BCUT2D eigenvalue weighted by atomic mass is 10.2. The normalized spacial score (nSPS) is 11.0. The Bertz CT molecular complexity index is 921. The molecule has 0 saturated carbocycles. The number of hydrogen-bond acceptors (Lipinski definition) is 5. The van der Waals surface area contributed by atoms with Crippen LogP contribution in [0.1, 0.15) is 15.9 Å². The molecular weight excluding hydrogens is 346 g/mol. The van der Waals surface area contributed by atoms with Gasteiger partial charge in [-0.05, 0) is 37.3 Å². The molecule has 0 aliphatic rings. The monoisotopic (exact) mass is 363 g/mol. The summed E-state index contributed by atoms with van der Waals surface area (Å²) in [5, 5.41) is 11.0. The maximum Gasteiger partial charge on any atom is 0.273 e. The maximum atomic E-state index is 12.4. The van der Waals surface area contributed by atoms with Gasteiger partial charge in [-0.1, -0.05) is 6.07 Å². The number of hydrogen-bond donors (Lipinski definition) is 1. The maximum absolute atomic E-state index is 12.4. The standard InChI is InChI=1S/C16H17N3O5S/c1-11-4-9-14(10-15(11)19(21)22)25(23,24)17-13-7-5-12(6-8-13)16(20)18(2)3/h4-10,17H,1-3H3. The molecule has 0 unspecified atom stereocenters. The van der Waals surface area contributed by atoms with Crippen molar-refractivity contribution in [1.82, 2.24) is 4.90 Å². The second-order valence-electron chi connectivity index (χ2n) is 5.59. The highest BCUT2D eigenvalue weighted by atomic mass is 32.2. The van der Waals surface area contributed by atoms with Crippen LogP contribution < -0.4 is 4.72 Å². The number of carbonyl (C=O) groups excluding carboxylic acids is 1. The third-order valence-corrected chi connectivity index (χ3v) is 4.86. The van der Waals surface area contributed by atoms with E-state index in [0.29, 0.717) is 11.1 Å². The number of nitro groups is 1. The number of carbonyl (C=O) groups is 1. The van der Waals surface area contributed by atoms with Gasteiger partial charge in [-0.25, -0.2) is 8.42 Å². The molecule has 0 aromatic heterocycles. The van der Waals surface area contributed by atoms with Gasteiger partial charge in [-0.2, -0.15) is 0 Å². The van der Waals surface area contributed by atoms with Crippen LogP contribution in [-0.4, -0.2) is 38.2 Å². The van der Waals surface area contributed by atoms with E-state index >= 15 is 0 Å². The van der Waals surface area contributed by atoms with E-state index in [0.717, 1.165) is 6.07 Å². The van der Waals surface area contributed by atoms with Crippen molar-refractivity contribution in [1.29, 1.82) is 0 Å². The first kappa shape index (κ1) is 18.4. The SMILES string of the molecule is Cc1ccc(S(=O)(=O)Nc2ccc(C(=O)N(C)C)cc2)cc1[N+](=O)[O-]. The van der Waals surface area contributed by atoms with Crippen LogP contribution in [0.4, 0.5) is 11.4 Å². The van der Waals surface area contributed by atoms with Gasteiger partial charge in [-0.15, -0.1) is 0 Å². The second kappa shape index (κ2) is 6.89. The Hall–Kier alpha value is -2.94. The van der Waals surface area contributed by atoms with Gasteiger partial charge >= 0.3 is 0 Å². The van der Waals surface area contributed by atoms with Crippen molar-refractivity contribution >= 4 is 27.3 Å². The van der Waals surface area contributed by atoms with Gasteiger partial charge in [0, 0.05) is 37.0 Å². The Morgan fingerprint density at radius 2 is 1.72 bits per heavy atom. The number of aryl methyl sites for hydroxylation is 1. The summed E-state index contributed by atoms with van der Waals surface area (Å²) in [4.78, 5) is 23.4. The van der Waals surface area contributed by atoms with Gasteiger partial charge in [0.25, 0.3) is 21.6 Å². The average molecular weight is 363 g/mol. The van der Waals surface area contributed by atoms with E-state index in [1.165, 1.54) is 48.2 Å². The van der Waals surface area contributed by atoms with Crippen LogP contribution in [0.3, 0.4) is 0 Å². The summed E-state index contributed by atoms with van der Waals surface area (Å²) >= 11 is 0. The molecule has 2 rings (SSSR count). The topological polar surface area (TPSA) is 110 Å². The number of nitrogens with one attached hydrogen (secondary N) is 1. The van der Waals surface area contributed by atoms with Crippen LogP contribution in [-0.2, 0) is 10.0 Å². The van der Waals surface area contributed by atoms with Crippen LogP contribution in [0, 0.1) is 17.0 Å². The van der Waals surface area contributed by atoms with Crippen molar-refractivity contribution in [3.8, 4) is 0 Å². The largest absolute Gasteiger partial charge is 0.345 e. The van der Waals surface area contributed by atoms with Crippen LogP contribution in [0.15, 0.2) is 47.4 Å². The van der Waals surface area contributed by atoms with Gasteiger partial charge in [0.1, 0.15) is 0 Å². The lowest BCUT2D eigenvalue weighted by molar-refractivity contribution is -0.385. The molecule has 0 aliphatic heterocycles. The molecular formula is C16H17N3O5S. The van der Waals surface area contributed by atoms with Gasteiger partial charge < -0.3 is 4.90 Å². The van der Waals surface area contributed by atoms with E-state index in [-0.39, 0.29) is 22.2 Å². The fourth-order valence-corrected chi connectivity index (χ4v) is 3.18. The first-order chi connectivity index (χ1) is 11.6. The number of nitro benzene ring substituents is 1. The predicted octanol–water partition coefficient (Wildman–Crippen LogP) is 2.41. The summed E-state index contributed by atoms with van der Waals surface area (Å²) in [7, 11) is -0.757. The first-order valence-corrected chi connectivity index (χ1v) is 8.70. The molecule has 0 atom stereocenters. The van der Waals surface area contributed by atoms with Crippen LogP contribution >= 0.6 is 0 Å². The fraction of sp³-hybridized carbons (Fsp3) is 0.188. The quantitative estimate of drug-likeness (QED) is 0.648. The van der Waals surface area contributed by atoms with Crippen molar-refractivity contribution in [3.05, 3.63) is 63.7 Å². The molecule has 0 bridgehead atoms. The highest BCUT2D eigenvalue weighted by Crippen LogP contribution is 2.24. The summed E-state index contributed by atoms with van der Waals surface area (Å²) in [6.45, 7) is 1.53. The number of amides is 1. The molecule has 0 aliphatic carbocycles. The molecule has 2 aromatic carbocycles. The zero-order valence-electron chi connectivity index (χ0n) is 13.9. The second-order valence-corrected chi connectivity index (χ2v) is 7.27. The first-order valence-electron chi connectivity index (χ1n) is 7.21. The van der Waals surface area contributed by atoms with Crippen molar-refractivity contribution in [3.63, 3.8) is 0 Å². The summed E-state index contributed by atoms with van der Waals surface area (Å²) in [5.41, 5.74) is 0.766. The summed E-state index contributed by atoms with van der Waals surface area (Å²) in [6, 6.07) is 9.60. The molecule has 132 valence electrons. The molecule has 2 aromatic rings. The minimum Gasteiger partial charge on any atom is -0.345 e. The van der Waals surface area contributed by atoms with E-state index in [1.807, 2.05) is 0 Å². The third-order valence-electron chi connectivity index (χ3n) is 3.48. The number of nitrogens with zero attached hydrogens (tertiary/aromatic N) is 2. The molecule has 9 heteroatoms. The van der Waals surface area contributed by atoms with Crippen molar-refractivity contribution < 1.29 is 18.1 Å². The number of sulfonamides is 1. The summed E-state index contributed by atoms with van der Waals surface area (Å²) in [5.74, 6) is -0.205. The highest BCUT2D eigenvalue weighted by molar-refractivity contribution is 7.92. The highest BCUT2D eigenvalue weighted by Gasteiger charge is 2.20. The zero-order valence-corrected chi connectivity index (χ0v) is 14.7. The lowest BCUT2D eigenvalue weighted by Crippen LogP contribution is -2.21. The smallest absolute Gasteiger partial charge is 0.273 e. The van der Waals surface area contributed by atoms with Gasteiger partial charge in [0.15, 0.2) is 0 Å². The zero-order chi connectivity index (χ0) is 18.8. The third kappa shape index (κ3) is 4.13. The van der Waals surface area contributed by atoms with E-state index < -0.39 is 14.9 Å². The van der Waals surface area contributed by atoms with Crippen LogP contribution in [0.2, 0.25) is 0 Å². The fourth-order valence-electron chi connectivity index (χ4n) is 2.11. The molecule has 1 N–H and O–H groups in total. The number of anilines is 1. The summed E-state index contributed by atoms with van der Waals surface area (Å²) in [6.07, 6.45) is 0. The lowest BCUT2D eigenvalue weighted by Gasteiger charge is -2.12. The van der Waals surface area contributed by atoms with Crippen LogP contribution in [0.5, 0.6) is 0 Å². The van der Waals surface area contributed by atoms with Crippen LogP contribution in [0.25, 0.3) is 0 Å². The molecule has 8 nitrogen and oxygen atoms in total. The Kier molecular flexibility index (Phi) is 5.07. The van der Waals surface area contributed by atoms with E-state index in [4.69, 9.17) is 0 Å². The Labute approximate surface area is 145 Å². The van der Waals surface area contributed by atoms with Crippen molar-refractivity contribution in [2.24, 2.45) is 0 Å². The predicted molar refractivity (Wildman–Crippen MR) is 93.1 cm³/mol.